The van der Waals surface area contributed by atoms with E-state index in [9.17, 15) is 4.79 Å². The molecule has 6 heteroatoms. The molecule has 136 valence electrons. The van der Waals surface area contributed by atoms with Gasteiger partial charge in [-0.2, -0.15) is 0 Å². The average molecular weight is 359 g/mol. The summed E-state index contributed by atoms with van der Waals surface area (Å²) in [7, 11) is 5.12. The number of anilines is 1. The fourth-order valence-electron chi connectivity index (χ4n) is 3.23. The molecule has 1 N–H and O–H groups in total. The predicted molar refractivity (Wildman–Crippen MR) is 112 cm³/mol. The molecule has 1 aliphatic heterocycles. The van der Waals surface area contributed by atoms with Crippen molar-refractivity contribution in [1.82, 2.24) is 9.71 Å². The molecule has 0 saturated carbocycles. The minimum absolute atomic E-state index is 0.162. The van der Waals surface area contributed by atoms with Crippen LogP contribution in [0.2, 0.25) is 0 Å². The molecule has 0 bridgehead atoms. The Balaban J connectivity index is 2.28. The number of nitrogens with one attached hydrogen (secondary N) is 1. The van der Waals surface area contributed by atoms with E-state index >= 15 is 0 Å². The number of carbonyl (C=O) groups excluding carboxylic acids is 1. The van der Waals surface area contributed by atoms with Gasteiger partial charge < -0.3 is 0 Å². The van der Waals surface area contributed by atoms with E-state index in [0.29, 0.717) is 12.1 Å². The Kier molecular flexibility index (Phi) is 7.49. The van der Waals surface area contributed by atoms with Crippen molar-refractivity contribution in [3.8, 4) is 0 Å². The summed E-state index contributed by atoms with van der Waals surface area (Å²) in [5.41, 5.74) is 3.50. The Bertz CT molecular complexity index is 622. The molecule has 1 amide bonds. The van der Waals surface area contributed by atoms with E-state index in [0.717, 1.165) is 43.4 Å². The zero-order valence-corrected chi connectivity index (χ0v) is 17.1. The topological polar surface area (TPSA) is 35.6 Å². The van der Waals surface area contributed by atoms with Crippen molar-refractivity contribution >= 4 is 33.5 Å². The summed E-state index contributed by atoms with van der Waals surface area (Å²) in [4.78, 5) is 16.3. The van der Waals surface area contributed by atoms with Gasteiger partial charge in [0.2, 0.25) is 0 Å². The van der Waals surface area contributed by atoms with Gasteiger partial charge in [-0.3, -0.25) is 0 Å². The Morgan fingerprint density at radius 1 is 1.44 bits per heavy atom. The fraction of sp³-hybridized carbons (Fsp3) is 0.579. The summed E-state index contributed by atoms with van der Waals surface area (Å²) in [6.45, 7) is 9.86. The van der Waals surface area contributed by atoms with E-state index in [4.69, 9.17) is 0 Å². The minimum atomic E-state index is 0.162. The fourth-order valence-corrected chi connectivity index (χ4v) is 3.48. The van der Waals surface area contributed by atoms with Gasteiger partial charge in [-0.05, 0) is 0 Å². The molecular formula is C19H31BN3OP. The van der Waals surface area contributed by atoms with Crippen molar-refractivity contribution in [2.24, 2.45) is 0 Å². The molecule has 0 radical (unpaired) electrons. The molecule has 0 spiro atoms. The van der Waals surface area contributed by atoms with Crippen LogP contribution in [-0.4, -0.2) is 59.6 Å². The first kappa shape index (κ1) is 20.0. The van der Waals surface area contributed by atoms with Crippen LogP contribution in [0.3, 0.4) is 0 Å². The van der Waals surface area contributed by atoms with Gasteiger partial charge in [0.25, 0.3) is 0 Å². The van der Waals surface area contributed by atoms with E-state index < -0.39 is 0 Å². The van der Waals surface area contributed by atoms with Crippen LogP contribution >= 0.6 is 9.24 Å². The Morgan fingerprint density at radius 2 is 2.20 bits per heavy atom. The summed E-state index contributed by atoms with van der Waals surface area (Å²) in [5.74, 6) is 0.162. The SMILES string of the molecule is CC(=O)N1CCC(Nc2cccc(C)c2)=BN(C(C)CP)C(C)CC1. The molecule has 1 aromatic carbocycles. The third-order valence-electron chi connectivity index (χ3n) is 4.90. The summed E-state index contributed by atoms with van der Waals surface area (Å²) in [5, 5.41) is 3.58. The second kappa shape index (κ2) is 9.38. The van der Waals surface area contributed by atoms with Crippen molar-refractivity contribution in [2.75, 3.05) is 24.6 Å². The van der Waals surface area contributed by atoms with Gasteiger partial charge in [-0.15, -0.1) is 0 Å². The van der Waals surface area contributed by atoms with Gasteiger partial charge >= 0.3 is 155 Å². The van der Waals surface area contributed by atoms with Gasteiger partial charge in [0.15, 0.2) is 0 Å². The molecule has 4 nitrogen and oxygen atoms in total. The van der Waals surface area contributed by atoms with Gasteiger partial charge in [0.1, 0.15) is 0 Å². The Morgan fingerprint density at radius 3 is 2.84 bits per heavy atom. The van der Waals surface area contributed by atoms with Crippen LogP contribution in [0.4, 0.5) is 5.69 Å². The monoisotopic (exact) mass is 359 g/mol. The number of rotatable bonds is 4. The third-order valence-corrected chi connectivity index (χ3v) is 5.58. The van der Waals surface area contributed by atoms with Crippen LogP contribution in [0.25, 0.3) is 0 Å². The zero-order valence-electron chi connectivity index (χ0n) is 16.0. The third kappa shape index (κ3) is 5.85. The maximum atomic E-state index is 11.9. The summed E-state index contributed by atoms with van der Waals surface area (Å²) in [6, 6.07) is 9.26. The molecule has 0 fully saturated rings. The van der Waals surface area contributed by atoms with Crippen LogP contribution in [0.1, 0.15) is 39.2 Å². The Labute approximate surface area is 155 Å². The summed E-state index contributed by atoms with van der Waals surface area (Å²) < 4.78 is 0. The molecule has 0 aliphatic carbocycles. The first-order chi connectivity index (χ1) is 11.9. The van der Waals surface area contributed by atoms with Crippen LogP contribution in [0.15, 0.2) is 24.3 Å². The molecular weight excluding hydrogens is 328 g/mol. The molecule has 3 atom stereocenters. The predicted octanol–water partition coefficient (Wildman–Crippen LogP) is 2.75. The summed E-state index contributed by atoms with van der Waals surface area (Å²) in [6.07, 6.45) is 2.85. The van der Waals surface area contributed by atoms with E-state index in [2.05, 4.69) is 71.5 Å². The molecule has 3 unspecified atom stereocenters. The second-order valence-corrected chi connectivity index (χ2v) is 7.55. The zero-order chi connectivity index (χ0) is 18.4. The molecule has 0 saturated heterocycles. The number of benzene rings is 1. The van der Waals surface area contributed by atoms with Crippen LogP contribution in [0.5, 0.6) is 0 Å². The maximum absolute atomic E-state index is 11.9. The number of hydrogen-bond donors (Lipinski definition) is 1. The first-order valence-corrected chi connectivity index (χ1v) is 9.99. The van der Waals surface area contributed by atoms with Crippen molar-refractivity contribution in [3.05, 3.63) is 29.8 Å². The quantitative estimate of drug-likeness (QED) is 0.663. The molecule has 2 rings (SSSR count). The summed E-state index contributed by atoms with van der Waals surface area (Å²) >= 11 is 0. The van der Waals surface area contributed by atoms with E-state index in [-0.39, 0.29) is 5.91 Å². The molecule has 1 aliphatic rings. The van der Waals surface area contributed by atoms with Crippen LogP contribution in [0, 0.1) is 6.92 Å². The molecule has 0 aromatic heterocycles. The van der Waals surface area contributed by atoms with Crippen molar-refractivity contribution in [3.63, 3.8) is 0 Å². The average Bonchev–Trinajstić information content (AvgIpc) is 2.64. The second-order valence-electron chi connectivity index (χ2n) is 7.07. The van der Waals surface area contributed by atoms with Gasteiger partial charge in [0.05, 0.1) is 0 Å². The standard InChI is InChI=1S/C19H31BN3OP/c1-14-6-5-7-18(12-14)21-19-9-11-22(17(4)24)10-8-15(2)23(20-19)16(3)13-25/h5-7,12,15-16,21H,8-11,13,25H2,1-4H3. The molecule has 1 aromatic rings. The van der Waals surface area contributed by atoms with Crippen LogP contribution < -0.4 is 5.32 Å². The van der Waals surface area contributed by atoms with Crippen molar-refractivity contribution < 1.29 is 4.79 Å². The normalized spacial score (nSPS) is 19.9. The molecule has 25 heavy (non-hydrogen) atoms. The Hall–Kier alpha value is -1.35. The van der Waals surface area contributed by atoms with Crippen molar-refractivity contribution in [2.45, 2.75) is 52.6 Å². The number of amides is 1. The first-order valence-electron chi connectivity index (χ1n) is 9.18. The van der Waals surface area contributed by atoms with E-state index in [1.165, 1.54) is 5.56 Å². The van der Waals surface area contributed by atoms with E-state index in [1.807, 2.05) is 4.90 Å². The van der Waals surface area contributed by atoms with Crippen LogP contribution in [-0.2, 0) is 4.79 Å². The van der Waals surface area contributed by atoms with E-state index in [1.54, 1.807) is 6.92 Å². The van der Waals surface area contributed by atoms with Gasteiger partial charge in [-0.25, -0.2) is 0 Å². The number of nitrogens with zero attached hydrogens (tertiary/aromatic N) is 2. The van der Waals surface area contributed by atoms with Gasteiger partial charge in [-0.1, -0.05) is 0 Å². The molecule has 1 heterocycles. The van der Waals surface area contributed by atoms with Gasteiger partial charge in [0, 0.05) is 0 Å². The number of aryl methyl sites for hydroxylation is 1. The number of hydrogen-bond acceptors (Lipinski definition) is 3. The van der Waals surface area contributed by atoms with Crippen molar-refractivity contribution in [1.29, 1.82) is 0 Å². The number of carbonyl (C=O) groups is 1.